The summed E-state index contributed by atoms with van der Waals surface area (Å²) in [6.07, 6.45) is 0.877. The zero-order valence-corrected chi connectivity index (χ0v) is 11.9. The topological polar surface area (TPSA) is 66.4 Å². The van der Waals surface area contributed by atoms with E-state index in [2.05, 4.69) is 5.32 Å². The molecular formula is C13H19NO3S. The highest BCUT2D eigenvalue weighted by Crippen LogP contribution is 2.22. The molecule has 0 aliphatic rings. The Morgan fingerprint density at radius 1 is 1.44 bits per heavy atom. The lowest BCUT2D eigenvalue weighted by Gasteiger charge is -2.17. The van der Waals surface area contributed by atoms with Crippen molar-refractivity contribution >= 4 is 23.2 Å². The van der Waals surface area contributed by atoms with Crippen LogP contribution in [0.4, 0.5) is 0 Å². The van der Waals surface area contributed by atoms with E-state index in [0.29, 0.717) is 4.88 Å². The summed E-state index contributed by atoms with van der Waals surface area (Å²) in [5.41, 5.74) is 1.14. The maximum atomic E-state index is 12.0. The predicted molar refractivity (Wildman–Crippen MR) is 72.2 cm³/mol. The number of rotatable bonds is 5. The molecule has 1 rings (SSSR count). The van der Waals surface area contributed by atoms with Crippen LogP contribution < -0.4 is 5.32 Å². The fourth-order valence-corrected chi connectivity index (χ4v) is 2.73. The van der Waals surface area contributed by atoms with Gasteiger partial charge in [-0.1, -0.05) is 20.8 Å². The molecule has 1 aromatic heterocycles. The van der Waals surface area contributed by atoms with Crippen LogP contribution in [-0.2, 0) is 11.2 Å². The second-order valence-corrected chi connectivity index (χ2v) is 5.84. The molecule has 100 valence electrons. The summed E-state index contributed by atoms with van der Waals surface area (Å²) >= 11 is 1.41. The normalized spacial score (nSPS) is 12.5. The van der Waals surface area contributed by atoms with E-state index in [1.54, 1.807) is 13.8 Å². The number of aryl methyl sites for hydroxylation is 2. The van der Waals surface area contributed by atoms with Crippen molar-refractivity contribution in [1.82, 2.24) is 5.32 Å². The Labute approximate surface area is 111 Å². The van der Waals surface area contributed by atoms with Crippen molar-refractivity contribution in [3.8, 4) is 0 Å². The van der Waals surface area contributed by atoms with Crippen molar-refractivity contribution in [3.63, 3.8) is 0 Å². The molecule has 0 saturated heterocycles. The summed E-state index contributed by atoms with van der Waals surface area (Å²) in [6, 6.07) is 0.999. The SMILES string of the molecule is CCc1cc(C(=O)N[C@@H](C(=O)O)C(C)C)sc1C. The number of hydrogen-bond donors (Lipinski definition) is 2. The summed E-state index contributed by atoms with van der Waals surface area (Å²) in [5, 5.41) is 11.6. The Bertz CT molecular complexity index is 451. The summed E-state index contributed by atoms with van der Waals surface area (Å²) < 4.78 is 0. The average molecular weight is 269 g/mol. The largest absolute Gasteiger partial charge is 0.480 e. The monoisotopic (exact) mass is 269 g/mol. The Morgan fingerprint density at radius 3 is 2.44 bits per heavy atom. The van der Waals surface area contributed by atoms with E-state index in [4.69, 9.17) is 5.11 Å². The van der Waals surface area contributed by atoms with E-state index in [1.807, 2.05) is 19.9 Å². The lowest BCUT2D eigenvalue weighted by Crippen LogP contribution is -2.44. The van der Waals surface area contributed by atoms with Crippen LogP contribution in [0.3, 0.4) is 0 Å². The number of nitrogens with one attached hydrogen (secondary N) is 1. The molecule has 4 nitrogen and oxygen atoms in total. The maximum Gasteiger partial charge on any atom is 0.326 e. The molecule has 0 bridgehead atoms. The van der Waals surface area contributed by atoms with Crippen molar-refractivity contribution in [1.29, 1.82) is 0 Å². The van der Waals surface area contributed by atoms with Gasteiger partial charge in [-0.15, -0.1) is 11.3 Å². The third-order valence-corrected chi connectivity index (χ3v) is 3.94. The van der Waals surface area contributed by atoms with Gasteiger partial charge in [0, 0.05) is 4.88 Å². The molecule has 2 N–H and O–H groups in total. The Morgan fingerprint density at radius 2 is 2.06 bits per heavy atom. The van der Waals surface area contributed by atoms with E-state index in [9.17, 15) is 9.59 Å². The first-order valence-electron chi connectivity index (χ1n) is 5.99. The first-order valence-corrected chi connectivity index (χ1v) is 6.81. The van der Waals surface area contributed by atoms with Gasteiger partial charge in [0.05, 0.1) is 4.88 Å². The minimum atomic E-state index is -0.998. The van der Waals surface area contributed by atoms with Gasteiger partial charge in [-0.3, -0.25) is 4.79 Å². The van der Waals surface area contributed by atoms with Crippen LogP contribution in [0.2, 0.25) is 0 Å². The van der Waals surface area contributed by atoms with Crippen LogP contribution in [-0.4, -0.2) is 23.0 Å². The number of hydrogen-bond acceptors (Lipinski definition) is 3. The van der Waals surface area contributed by atoms with E-state index in [0.717, 1.165) is 16.9 Å². The summed E-state index contributed by atoms with van der Waals surface area (Å²) in [4.78, 5) is 24.7. The van der Waals surface area contributed by atoms with Crippen LogP contribution in [0, 0.1) is 12.8 Å². The van der Waals surface area contributed by atoms with Crippen molar-refractivity contribution in [3.05, 3.63) is 21.4 Å². The molecule has 5 heteroatoms. The molecule has 0 spiro atoms. The van der Waals surface area contributed by atoms with Gasteiger partial charge >= 0.3 is 5.97 Å². The number of carboxylic acid groups (broad SMARTS) is 1. The Balaban J connectivity index is 2.83. The molecule has 0 saturated carbocycles. The average Bonchev–Trinajstić information content (AvgIpc) is 2.66. The van der Waals surface area contributed by atoms with Gasteiger partial charge in [0.1, 0.15) is 6.04 Å². The van der Waals surface area contributed by atoms with Crippen LogP contribution in [0.5, 0.6) is 0 Å². The van der Waals surface area contributed by atoms with Crippen LogP contribution >= 0.6 is 11.3 Å². The molecular weight excluding hydrogens is 250 g/mol. The summed E-state index contributed by atoms with van der Waals surface area (Å²) in [6.45, 7) is 7.55. The quantitative estimate of drug-likeness (QED) is 0.863. The third-order valence-electron chi connectivity index (χ3n) is 2.84. The maximum absolute atomic E-state index is 12.0. The fourth-order valence-electron chi connectivity index (χ4n) is 1.71. The van der Waals surface area contributed by atoms with Crippen molar-refractivity contribution in [2.45, 2.75) is 40.2 Å². The number of carbonyl (C=O) groups excluding carboxylic acids is 1. The predicted octanol–water partition coefficient (Wildman–Crippen LogP) is 2.46. The zero-order valence-electron chi connectivity index (χ0n) is 11.1. The van der Waals surface area contributed by atoms with Gasteiger partial charge in [-0.2, -0.15) is 0 Å². The van der Waals surface area contributed by atoms with Crippen LogP contribution in [0.1, 0.15) is 40.9 Å². The van der Waals surface area contributed by atoms with Gasteiger partial charge in [-0.05, 0) is 30.9 Å². The Hall–Kier alpha value is -1.36. The summed E-state index contributed by atoms with van der Waals surface area (Å²) in [7, 11) is 0. The highest BCUT2D eigenvalue weighted by Gasteiger charge is 2.24. The first-order chi connectivity index (χ1) is 8.36. The number of amides is 1. The minimum absolute atomic E-state index is 0.141. The molecule has 0 fully saturated rings. The number of carbonyl (C=O) groups is 2. The lowest BCUT2D eigenvalue weighted by atomic mass is 10.0. The zero-order chi connectivity index (χ0) is 13.9. The van der Waals surface area contributed by atoms with Gasteiger partial charge in [0.2, 0.25) is 0 Å². The number of aliphatic carboxylic acids is 1. The molecule has 0 aliphatic carbocycles. The Kier molecular flexibility index (Phi) is 4.90. The molecule has 1 atom stereocenters. The lowest BCUT2D eigenvalue weighted by molar-refractivity contribution is -0.140. The van der Waals surface area contributed by atoms with Gasteiger partial charge in [0.15, 0.2) is 0 Å². The molecule has 1 aromatic rings. The first kappa shape index (κ1) is 14.7. The molecule has 0 unspecified atom stereocenters. The second-order valence-electron chi connectivity index (χ2n) is 4.58. The van der Waals surface area contributed by atoms with Gasteiger partial charge in [-0.25, -0.2) is 4.79 Å². The smallest absolute Gasteiger partial charge is 0.326 e. The molecule has 1 heterocycles. The van der Waals surface area contributed by atoms with E-state index < -0.39 is 12.0 Å². The van der Waals surface area contributed by atoms with Gasteiger partial charge in [0.25, 0.3) is 5.91 Å². The van der Waals surface area contributed by atoms with E-state index in [1.165, 1.54) is 11.3 Å². The van der Waals surface area contributed by atoms with Crippen LogP contribution in [0.15, 0.2) is 6.07 Å². The van der Waals surface area contributed by atoms with Crippen molar-refractivity contribution in [2.75, 3.05) is 0 Å². The minimum Gasteiger partial charge on any atom is -0.480 e. The second kappa shape index (κ2) is 6.00. The molecule has 0 radical (unpaired) electrons. The molecule has 18 heavy (non-hydrogen) atoms. The molecule has 1 amide bonds. The van der Waals surface area contributed by atoms with E-state index >= 15 is 0 Å². The fraction of sp³-hybridized carbons (Fsp3) is 0.538. The number of thiophene rings is 1. The molecule has 0 aromatic carbocycles. The highest BCUT2D eigenvalue weighted by atomic mass is 32.1. The molecule has 0 aliphatic heterocycles. The van der Waals surface area contributed by atoms with E-state index in [-0.39, 0.29) is 11.8 Å². The summed E-state index contributed by atoms with van der Waals surface area (Å²) in [5.74, 6) is -1.44. The van der Waals surface area contributed by atoms with Gasteiger partial charge < -0.3 is 10.4 Å². The van der Waals surface area contributed by atoms with Crippen molar-refractivity contribution in [2.24, 2.45) is 5.92 Å². The third kappa shape index (κ3) is 3.32. The number of carboxylic acids is 1. The van der Waals surface area contributed by atoms with Crippen molar-refractivity contribution < 1.29 is 14.7 Å². The standard InChI is InChI=1S/C13H19NO3S/c1-5-9-6-10(18-8(9)4)12(15)14-11(7(2)3)13(16)17/h6-7,11H,5H2,1-4H3,(H,14,15)(H,16,17)/t11-/m1/s1. The van der Waals surface area contributed by atoms with Crippen LogP contribution in [0.25, 0.3) is 0 Å². The highest BCUT2D eigenvalue weighted by molar-refractivity contribution is 7.14.